The second-order valence-corrected chi connectivity index (χ2v) is 10.2. The molecular formula is C19H18F2N4O4S2. The van der Waals surface area contributed by atoms with Gasteiger partial charge in [-0.25, -0.2) is 17.2 Å². The fourth-order valence-corrected chi connectivity index (χ4v) is 6.08. The topological polar surface area (TPSA) is 105 Å². The van der Waals surface area contributed by atoms with Gasteiger partial charge in [-0.2, -0.15) is 9.29 Å². The largest absolute Gasteiger partial charge is 0.339 e. The van der Waals surface area contributed by atoms with E-state index in [1.165, 1.54) is 10.4 Å². The third kappa shape index (κ3) is 4.50. The van der Waals surface area contributed by atoms with Crippen molar-refractivity contribution in [1.82, 2.24) is 14.4 Å². The molecule has 0 radical (unpaired) electrons. The number of nitrogens with zero attached hydrogens (tertiary/aromatic N) is 3. The molecule has 1 aromatic carbocycles. The number of halogens is 2. The maximum absolute atomic E-state index is 13.8. The molecule has 31 heavy (non-hydrogen) atoms. The second-order valence-electron chi connectivity index (χ2n) is 7.08. The summed E-state index contributed by atoms with van der Waals surface area (Å²) in [5.41, 5.74) is 0.445. The number of anilines is 1. The van der Waals surface area contributed by atoms with Crippen molar-refractivity contribution in [3.8, 4) is 11.4 Å². The van der Waals surface area contributed by atoms with Crippen molar-refractivity contribution in [2.45, 2.75) is 24.0 Å². The molecule has 0 saturated carbocycles. The van der Waals surface area contributed by atoms with Crippen molar-refractivity contribution < 1.29 is 26.5 Å². The van der Waals surface area contributed by atoms with E-state index in [4.69, 9.17) is 4.52 Å². The number of piperidine rings is 1. The first-order chi connectivity index (χ1) is 14.7. The van der Waals surface area contributed by atoms with Crippen molar-refractivity contribution in [3.63, 3.8) is 0 Å². The summed E-state index contributed by atoms with van der Waals surface area (Å²) in [6.07, 6.45) is 0.576. The van der Waals surface area contributed by atoms with Crippen LogP contribution in [0.2, 0.25) is 0 Å². The highest BCUT2D eigenvalue weighted by Crippen LogP contribution is 2.31. The van der Waals surface area contributed by atoms with E-state index < -0.39 is 33.5 Å². The Morgan fingerprint density at radius 1 is 1.26 bits per heavy atom. The highest BCUT2D eigenvalue weighted by atomic mass is 32.2. The van der Waals surface area contributed by atoms with Gasteiger partial charge in [-0.1, -0.05) is 5.16 Å². The van der Waals surface area contributed by atoms with Crippen LogP contribution in [-0.4, -0.2) is 41.9 Å². The monoisotopic (exact) mass is 468 g/mol. The van der Waals surface area contributed by atoms with Gasteiger partial charge in [0, 0.05) is 42.9 Å². The number of nitrogens with one attached hydrogen (secondary N) is 1. The van der Waals surface area contributed by atoms with Gasteiger partial charge in [0.2, 0.25) is 17.6 Å². The second kappa shape index (κ2) is 8.44. The first kappa shape index (κ1) is 21.5. The number of aromatic nitrogens is 2. The Morgan fingerprint density at radius 3 is 2.65 bits per heavy atom. The van der Waals surface area contributed by atoms with Crippen molar-refractivity contribution in [2.24, 2.45) is 5.92 Å². The summed E-state index contributed by atoms with van der Waals surface area (Å²) in [7, 11) is -3.73. The van der Waals surface area contributed by atoms with E-state index >= 15 is 0 Å². The molecule has 0 unspecified atom stereocenters. The first-order valence-electron chi connectivity index (χ1n) is 9.39. The predicted octanol–water partition coefficient (Wildman–Crippen LogP) is 3.42. The molecule has 0 spiro atoms. The lowest BCUT2D eigenvalue weighted by atomic mass is 9.97. The fraction of sp³-hybridized carbons (Fsp3) is 0.316. The van der Waals surface area contributed by atoms with Crippen LogP contribution in [0.1, 0.15) is 18.7 Å². The van der Waals surface area contributed by atoms with Gasteiger partial charge in [-0.15, -0.1) is 11.3 Å². The van der Waals surface area contributed by atoms with Crippen molar-refractivity contribution >= 4 is 33.0 Å². The van der Waals surface area contributed by atoms with Crippen LogP contribution in [0.25, 0.3) is 11.4 Å². The predicted molar refractivity (Wildman–Crippen MR) is 109 cm³/mol. The molecule has 164 valence electrons. The lowest BCUT2D eigenvalue weighted by Gasteiger charge is -2.30. The van der Waals surface area contributed by atoms with Crippen LogP contribution in [-0.2, 0) is 14.8 Å². The summed E-state index contributed by atoms with van der Waals surface area (Å²) in [5.74, 6) is -1.80. The fourth-order valence-electron chi connectivity index (χ4n) is 3.30. The van der Waals surface area contributed by atoms with E-state index in [0.717, 1.165) is 23.5 Å². The minimum atomic E-state index is -3.73. The lowest BCUT2D eigenvalue weighted by molar-refractivity contribution is -0.120. The zero-order valence-corrected chi connectivity index (χ0v) is 18.0. The third-order valence-corrected chi connectivity index (χ3v) is 8.28. The molecule has 1 amide bonds. The van der Waals surface area contributed by atoms with E-state index in [0.29, 0.717) is 23.3 Å². The molecule has 3 heterocycles. The lowest BCUT2D eigenvalue weighted by Crippen LogP contribution is -2.41. The molecule has 8 nitrogen and oxygen atoms in total. The summed E-state index contributed by atoms with van der Waals surface area (Å²) in [4.78, 5) is 16.5. The van der Waals surface area contributed by atoms with Gasteiger partial charge in [-0.05, 0) is 31.0 Å². The van der Waals surface area contributed by atoms with Gasteiger partial charge in [0.25, 0.3) is 10.0 Å². The van der Waals surface area contributed by atoms with Crippen LogP contribution in [0.15, 0.2) is 38.4 Å². The minimum Gasteiger partial charge on any atom is -0.339 e. The maximum atomic E-state index is 13.8. The number of thiophene rings is 1. The first-order valence-corrected chi connectivity index (χ1v) is 11.7. The number of carbonyl (C=O) groups excluding carboxylic acids is 1. The average Bonchev–Trinajstić information content (AvgIpc) is 3.39. The molecule has 1 saturated heterocycles. The molecule has 1 aliphatic rings. The van der Waals surface area contributed by atoms with Crippen LogP contribution < -0.4 is 5.32 Å². The Bertz CT molecular complexity index is 1220. The zero-order chi connectivity index (χ0) is 22.2. The summed E-state index contributed by atoms with van der Waals surface area (Å²) >= 11 is 1.06. The SMILES string of the molecule is Cc1nc(-c2csc(S(=O)(=O)N3CCC(C(=O)Nc4ccc(F)cc4F)CC3)c2)no1. The minimum absolute atomic E-state index is 0.107. The normalized spacial score (nSPS) is 15.8. The molecule has 12 heteroatoms. The number of hydrogen-bond acceptors (Lipinski definition) is 7. The number of amides is 1. The van der Waals surface area contributed by atoms with E-state index in [1.807, 2.05) is 0 Å². The quantitative estimate of drug-likeness (QED) is 0.615. The van der Waals surface area contributed by atoms with E-state index in [2.05, 4.69) is 15.5 Å². The van der Waals surface area contributed by atoms with Gasteiger partial charge in [0.15, 0.2) is 0 Å². The number of carbonyl (C=O) groups is 1. The van der Waals surface area contributed by atoms with Gasteiger partial charge >= 0.3 is 0 Å². The number of benzene rings is 1. The van der Waals surface area contributed by atoms with E-state index in [1.54, 1.807) is 12.3 Å². The zero-order valence-electron chi connectivity index (χ0n) is 16.3. The third-order valence-electron chi connectivity index (χ3n) is 4.97. The van der Waals surface area contributed by atoms with Crippen molar-refractivity contribution in [1.29, 1.82) is 0 Å². The smallest absolute Gasteiger partial charge is 0.252 e. The summed E-state index contributed by atoms with van der Waals surface area (Å²) in [5, 5.41) is 7.88. The number of rotatable bonds is 5. The summed E-state index contributed by atoms with van der Waals surface area (Å²) in [6.45, 7) is 1.95. The van der Waals surface area contributed by atoms with Gasteiger partial charge in [0.1, 0.15) is 15.8 Å². The van der Waals surface area contributed by atoms with Crippen LogP contribution in [0.4, 0.5) is 14.5 Å². The van der Waals surface area contributed by atoms with Crippen LogP contribution in [0, 0.1) is 24.5 Å². The van der Waals surface area contributed by atoms with Crippen LogP contribution in [0.5, 0.6) is 0 Å². The number of sulfonamides is 1. The van der Waals surface area contributed by atoms with E-state index in [-0.39, 0.29) is 35.8 Å². The van der Waals surface area contributed by atoms with Crippen LogP contribution in [0.3, 0.4) is 0 Å². The van der Waals surface area contributed by atoms with Crippen molar-refractivity contribution in [2.75, 3.05) is 18.4 Å². The standard InChI is InChI=1S/C19H18F2N4O4S2/c1-11-22-18(24-29-11)13-8-17(30-10-13)31(27,28)25-6-4-12(5-7-25)19(26)23-16-3-2-14(20)9-15(16)21/h2-3,8-10,12H,4-7H2,1H3,(H,23,26). The Labute approximate surface area is 180 Å². The molecule has 2 aromatic heterocycles. The molecule has 0 atom stereocenters. The Balaban J connectivity index is 1.39. The molecule has 1 N–H and O–H groups in total. The molecule has 3 aromatic rings. The number of aryl methyl sites for hydroxylation is 1. The molecule has 1 fully saturated rings. The Morgan fingerprint density at radius 2 is 2.00 bits per heavy atom. The van der Waals surface area contributed by atoms with Gasteiger partial charge in [-0.3, -0.25) is 4.79 Å². The van der Waals surface area contributed by atoms with Crippen LogP contribution >= 0.6 is 11.3 Å². The Hall–Kier alpha value is -2.70. The van der Waals surface area contributed by atoms with Gasteiger partial charge in [0.05, 0.1) is 5.69 Å². The highest BCUT2D eigenvalue weighted by Gasteiger charge is 2.33. The molecule has 0 aliphatic carbocycles. The average molecular weight is 469 g/mol. The number of hydrogen-bond donors (Lipinski definition) is 1. The van der Waals surface area contributed by atoms with Crippen molar-refractivity contribution in [3.05, 3.63) is 47.2 Å². The maximum Gasteiger partial charge on any atom is 0.252 e. The van der Waals surface area contributed by atoms with E-state index in [9.17, 15) is 22.0 Å². The summed E-state index contributed by atoms with van der Waals surface area (Å²) < 4.78 is 59.1. The molecule has 0 bridgehead atoms. The van der Waals surface area contributed by atoms with Gasteiger partial charge < -0.3 is 9.84 Å². The molecule has 4 rings (SSSR count). The molecular weight excluding hydrogens is 450 g/mol. The Kier molecular flexibility index (Phi) is 5.86. The highest BCUT2D eigenvalue weighted by molar-refractivity contribution is 7.91. The molecule has 1 aliphatic heterocycles. The summed E-state index contributed by atoms with van der Waals surface area (Å²) in [6, 6.07) is 4.40.